The Morgan fingerprint density at radius 1 is 1.25 bits per heavy atom. The summed E-state index contributed by atoms with van der Waals surface area (Å²) in [4.78, 5) is 17.0. The first-order valence-corrected chi connectivity index (χ1v) is 8.18. The van der Waals surface area contributed by atoms with E-state index in [9.17, 15) is 4.79 Å². The van der Waals surface area contributed by atoms with Gasteiger partial charge in [0.25, 0.3) is 0 Å². The van der Waals surface area contributed by atoms with Gasteiger partial charge in [-0.05, 0) is 25.1 Å². The highest BCUT2D eigenvalue weighted by molar-refractivity contribution is 5.83. The summed E-state index contributed by atoms with van der Waals surface area (Å²) in [5.74, 6) is 0.892. The molecule has 1 aromatic heterocycles. The number of ether oxygens (including phenoxy) is 1. The number of carbonyl (C=O) groups is 1. The number of hydrazine groups is 1. The number of nitrogens with zero attached hydrogens (tertiary/aromatic N) is 1. The van der Waals surface area contributed by atoms with Gasteiger partial charge in [0.05, 0.1) is 24.4 Å². The fourth-order valence-corrected chi connectivity index (χ4v) is 3.41. The number of amides is 1. The highest BCUT2D eigenvalue weighted by Crippen LogP contribution is 2.38. The Hall–Kier alpha value is -2.44. The molecule has 0 saturated carbocycles. The van der Waals surface area contributed by atoms with Gasteiger partial charge in [0.2, 0.25) is 5.91 Å². The summed E-state index contributed by atoms with van der Waals surface area (Å²) in [6.07, 6.45) is 1.73. The van der Waals surface area contributed by atoms with E-state index in [0.29, 0.717) is 6.61 Å². The zero-order chi connectivity index (χ0) is 16.5. The number of hydrogen-bond acceptors (Lipinski definition) is 5. The number of carbonyl (C=O) groups excluding carboxylic acids is 1. The largest absolute Gasteiger partial charge is 0.493 e. The molecule has 124 valence electrons. The van der Waals surface area contributed by atoms with Crippen LogP contribution in [0.4, 0.5) is 0 Å². The number of nitrogens with one attached hydrogen (secondary N) is 3. The average Bonchev–Trinajstić information content (AvgIpc) is 3.07. The van der Waals surface area contributed by atoms with Crippen LogP contribution in [0.25, 0.3) is 0 Å². The van der Waals surface area contributed by atoms with Crippen LogP contribution in [0.3, 0.4) is 0 Å². The lowest BCUT2D eigenvalue weighted by Crippen LogP contribution is -2.47. The second-order valence-corrected chi connectivity index (χ2v) is 6.24. The van der Waals surface area contributed by atoms with E-state index < -0.39 is 0 Å². The lowest BCUT2D eigenvalue weighted by atomic mass is 9.87. The van der Waals surface area contributed by atoms with Crippen LogP contribution in [0.5, 0.6) is 5.75 Å². The molecular weight excluding hydrogens is 304 g/mol. The second kappa shape index (κ2) is 6.22. The first kappa shape index (κ1) is 15.1. The molecule has 1 aromatic carbocycles. The minimum Gasteiger partial charge on any atom is -0.493 e. The van der Waals surface area contributed by atoms with Crippen molar-refractivity contribution in [2.75, 3.05) is 6.61 Å². The van der Waals surface area contributed by atoms with Crippen LogP contribution in [0.1, 0.15) is 30.3 Å². The summed E-state index contributed by atoms with van der Waals surface area (Å²) in [5.41, 5.74) is 8.32. The molecule has 6 nitrogen and oxygen atoms in total. The molecule has 1 amide bonds. The highest BCUT2D eigenvalue weighted by Gasteiger charge is 2.44. The summed E-state index contributed by atoms with van der Waals surface area (Å²) in [6.45, 7) is 2.45. The molecule has 6 heteroatoms. The maximum Gasteiger partial charge on any atom is 0.239 e. The van der Waals surface area contributed by atoms with Gasteiger partial charge in [0, 0.05) is 17.7 Å². The predicted molar refractivity (Wildman–Crippen MR) is 89.0 cm³/mol. The molecule has 24 heavy (non-hydrogen) atoms. The van der Waals surface area contributed by atoms with Crippen molar-refractivity contribution >= 4 is 5.91 Å². The summed E-state index contributed by atoms with van der Waals surface area (Å²) >= 11 is 0. The molecule has 0 spiro atoms. The Bertz CT molecular complexity index is 737. The third-order valence-corrected chi connectivity index (χ3v) is 4.71. The van der Waals surface area contributed by atoms with E-state index in [-0.39, 0.29) is 30.0 Å². The van der Waals surface area contributed by atoms with Gasteiger partial charge in [-0.1, -0.05) is 24.3 Å². The minimum absolute atomic E-state index is 0.0452. The van der Waals surface area contributed by atoms with Gasteiger partial charge in [-0.3, -0.25) is 9.78 Å². The van der Waals surface area contributed by atoms with Crippen molar-refractivity contribution in [1.29, 1.82) is 0 Å². The second-order valence-electron chi connectivity index (χ2n) is 6.24. The molecule has 2 aliphatic rings. The number of aromatic nitrogens is 1. The molecule has 1 saturated heterocycles. The fourth-order valence-electron chi connectivity index (χ4n) is 3.41. The molecule has 0 radical (unpaired) electrons. The topological polar surface area (TPSA) is 75.3 Å². The summed E-state index contributed by atoms with van der Waals surface area (Å²) in [5, 5.41) is 3.04. The molecular formula is C18H20N4O2. The van der Waals surface area contributed by atoms with E-state index in [2.05, 4.69) is 21.2 Å². The Kier molecular flexibility index (Phi) is 3.92. The molecule has 0 bridgehead atoms. The summed E-state index contributed by atoms with van der Waals surface area (Å²) in [7, 11) is 0. The molecule has 0 aliphatic carbocycles. The van der Waals surface area contributed by atoms with Crippen LogP contribution in [0.2, 0.25) is 0 Å². The SMILES string of the molecule is CC(NC(=O)C1NNC2c3ccccc3OCC12)c1ccccn1. The summed E-state index contributed by atoms with van der Waals surface area (Å²) in [6, 6.07) is 13.2. The van der Waals surface area contributed by atoms with E-state index in [0.717, 1.165) is 17.0 Å². The number of benzene rings is 1. The minimum atomic E-state index is -0.338. The van der Waals surface area contributed by atoms with Crippen LogP contribution in [0, 0.1) is 5.92 Å². The monoisotopic (exact) mass is 324 g/mol. The first-order valence-electron chi connectivity index (χ1n) is 8.18. The zero-order valence-electron chi connectivity index (χ0n) is 13.4. The van der Waals surface area contributed by atoms with Crippen molar-refractivity contribution in [2.24, 2.45) is 5.92 Å². The molecule has 4 rings (SSSR count). The number of hydrogen-bond donors (Lipinski definition) is 3. The van der Waals surface area contributed by atoms with Gasteiger partial charge >= 0.3 is 0 Å². The maximum atomic E-state index is 12.7. The molecule has 3 heterocycles. The quantitative estimate of drug-likeness (QED) is 0.797. The lowest BCUT2D eigenvalue weighted by Gasteiger charge is -2.29. The van der Waals surface area contributed by atoms with Crippen LogP contribution in [0.15, 0.2) is 48.7 Å². The number of rotatable bonds is 3. The molecule has 4 unspecified atom stereocenters. The maximum absolute atomic E-state index is 12.7. The third kappa shape index (κ3) is 2.64. The van der Waals surface area contributed by atoms with Crippen molar-refractivity contribution in [1.82, 2.24) is 21.2 Å². The van der Waals surface area contributed by atoms with E-state index >= 15 is 0 Å². The van der Waals surface area contributed by atoms with Gasteiger partial charge in [-0.25, -0.2) is 10.9 Å². The van der Waals surface area contributed by atoms with E-state index in [4.69, 9.17) is 4.74 Å². The van der Waals surface area contributed by atoms with Gasteiger partial charge in [-0.15, -0.1) is 0 Å². The van der Waals surface area contributed by atoms with E-state index in [1.54, 1.807) is 6.20 Å². The van der Waals surface area contributed by atoms with Gasteiger partial charge in [0.15, 0.2) is 0 Å². The molecule has 3 N–H and O–H groups in total. The van der Waals surface area contributed by atoms with Gasteiger partial charge in [-0.2, -0.15) is 0 Å². The Morgan fingerprint density at radius 3 is 2.92 bits per heavy atom. The molecule has 2 aromatic rings. The van der Waals surface area contributed by atoms with Crippen LogP contribution < -0.4 is 20.9 Å². The van der Waals surface area contributed by atoms with Crippen molar-refractivity contribution in [2.45, 2.75) is 25.0 Å². The van der Waals surface area contributed by atoms with E-state index in [1.165, 1.54) is 0 Å². The first-order chi connectivity index (χ1) is 11.7. The van der Waals surface area contributed by atoms with Gasteiger partial charge < -0.3 is 10.1 Å². The molecule has 1 fully saturated rings. The van der Waals surface area contributed by atoms with E-state index in [1.807, 2.05) is 49.4 Å². The fraction of sp³-hybridized carbons (Fsp3) is 0.333. The number of para-hydroxylation sites is 1. The molecule has 2 aliphatic heterocycles. The Balaban J connectivity index is 1.47. The predicted octanol–water partition coefficient (Wildman–Crippen LogP) is 1.49. The standard InChI is InChI=1S/C18H20N4O2/c1-11(14-7-4-5-9-19-14)20-18(23)17-13-10-24-15-8-3-2-6-12(15)16(13)21-22-17/h2-9,11,13,16-17,21-22H,10H2,1H3,(H,20,23). The van der Waals surface area contributed by atoms with Crippen molar-refractivity contribution in [3.63, 3.8) is 0 Å². The zero-order valence-corrected chi connectivity index (χ0v) is 13.4. The number of fused-ring (bicyclic) bond motifs is 3. The van der Waals surface area contributed by atoms with Crippen LogP contribution in [-0.4, -0.2) is 23.5 Å². The van der Waals surface area contributed by atoms with Crippen LogP contribution >= 0.6 is 0 Å². The summed E-state index contributed by atoms with van der Waals surface area (Å²) < 4.78 is 5.84. The smallest absolute Gasteiger partial charge is 0.239 e. The van der Waals surface area contributed by atoms with Crippen molar-refractivity contribution in [3.8, 4) is 5.75 Å². The molecule has 4 atom stereocenters. The normalized spacial score (nSPS) is 26.0. The lowest BCUT2D eigenvalue weighted by molar-refractivity contribution is -0.124. The highest BCUT2D eigenvalue weighted by atomic mass is 16.5. The Labute approximate surface area is 140 Å². The third-order valence-electron chi connectivity index (χ3n) is 4.71. The average molecular weight is 324 g/mol. The van der Waals surface area contributed by atoms with Crippen LogP contribution in [-0.2, 0) is 4.79 Å². The van der Waals surface area contributed by atoms with Gasteiger partial charge in [0.1, 0.15) is 11.8 Å². The Morgan fingerprint density at radius 2 is 2.08 bits per heavy atom. The van der Waals surface area contributed by atoms with Crippen molar-refractivity contribution in [3.05, 3.63) is 59.9 Å². The number of pyridine rings is 1. The van der Waals surface area contributed by atoms with Crippen molar-refractivity contribution < 1.29 is 9.53 Å².